The highest BCUT2D eigenvalue weighted by Gasteiger charge is 2.26. The van der Waals surface area contributed by atoms with Crippen LogP contribution in [0.5, 0.6) is 46.0 Å². The van der Waals surface area contributed by atoms with Gasteiger partial charge in [0, 0.05) is 23.3 Å². The van der Waals surface area contributed by atoms with Crippen molar-refractivity contribution in [3.63, 3.8) is 0 Å². The number of rotatable bonds is 16. The number of hydrogen-bond donors (Lipinski definition) is 1. The van der Waals surface area contributed by atoms with Crippen LogP contribution in [0.1, 0.15) is 16.7 Å². The van der Waals surface area contributed by atoms with Crippen LogP contribution < -0.4 is 43.2 Å². The Balaban J connectivity index is 1.63. The van der Waals surface area contributed by atoms with E-state index in [1.54, 1.807) is 55.5 Å². The van der Waals surface area contributed by atoms with E-state index in [2.05, 4.69) is 5.32 Å². The van der Waals surface area contributed by atoms with Crippen molar-refractivity contribution in [1.29, 1.82) is 0 Å². The average Bonchev–Trinajstić information content (AvgIpc) is 3.42. The molecule has 0 saturated carbocycles. The summed E-state index contributed by atoms with van der Waals surface area (Å²) in [6.45, 7) is 1.67. The molecule has 0 aromatic heterocycles. The molecule has 0 aliphatic carbocycles. The van der Waals surface area contributed by atoms with Crippen molar-refractivity contribution in [2.75, 3.05) is 55.9 Å². The van der Waals surface area contributed by atoms with Gasteiger partial charge in [-0.05, 0) is 60.7 Å². The van der Waals surface area contributed by atoms with E-state index in [-0.39, 0.29) is 35.4 Å². The number of thioether (sulfide) groups is 1. The summed E-state index contributed by atoms with van der Waals surface area (Å²) in [7, 11) is 8.95. The fourth-order valence-electron chi connectivity index (χ4n) is 4.56. The van der Waals surface area contributed by atoms with Crippen LogP contribution in [-0.4, -0.2) is 73.3 Å². The number of hydrogen-bond acceptors (Lipinski definition) is 13. The number of allylic oxidation sites excluding steroid dienone is 1. The zero-order valence-electron chi connectivity index (χ0n) is 27.4. The molecule has 0 bridgehead atoms. The largest absolute Gasteiger partial charge is 0.496 e. The molecule has 0 radical (unpaired) electrons. The lowest BCUT2D eigenvalue weighted by molar-refractivity contribution is -0.115. The molecular weight excluding hydrogens is 646 g/mol. The fraction of sp³-hybridized carbons (Fsp3) is 0.265. The molecule has 2 amide bonds. The molecular formula is C34H35NO12S. The normalized spacial score (nSPS) is 13.7. The number of amides is 2. The second-order valence-corrected chi connectivity index (χ2v) is 10.8. The van der Waals surface area contributed by atoms with E-state index in [0.717, 1.165) is 11.8 Å². The molecule has 48 heavy (non-hydrogen) atoms. The quantitative estimate of drug-likeness (QED) is 0.0890. The maximum absolute atomic E-state index is 12.5. The van der Waals surface area contributed by atoms with Gasteiger partial charge < -0.3 is 42.6 Å². The summed E-state index contributed by atoms with van der Waals surface area (Å²) in [5.41, 5.74) is 1.66. The van der Waals surface area contributed by atoms with Crippen molar-refractivity contribution in [1.82, 2.24) is 5.32 Å². The minimum Gasteiger partial charge on any atom is -0.496 e. The van der Waals surface area contributed by atoms with Crippen LogP contribution in [0, 0.1) is 6.92 Å². The van der Waals surface area contributed by atoms with Crippen LogP contribution in [0.2, 0.25) is 0 Å². The molecule has 3 aromatic rings. The van der Waals surface area contributed by atoms with Gasteiger partial charge in [0.15, 0.2) is 35.0 Å². The average molecular weight is 682 g/mol. The number of methoxy groups -OCH3 is 6. The summed E-state index contributed by atoms with van der Waals surface area (Å²) in [5, 5.41) is 1.76. The van der Waals surface area contributed by atoms with Crippen LogP contribution in [-0.2, 0) is 14.3 Å². The van der Waals surface area contributed by atoms with Crippen LogP contribution in [0.15, 0.2) is 53.1 Å². The monoisotopic (exact) mass is 681 g/mol. The van der Waals surface area contributed by atoms with Crippen LogP contribution in [0.4, 0.5) is 4.79 Å². The molecule has 1 heterocycles. The highest BCUT2D eigenvalue weighted by Crippen LogP contribution is 2.41. The lowest BCUT2D eigenvalue weighted by Gasteiger charge is -2.19. The van der Waals surface area contributed by atoms with E-state index in [9.17, 15) is 14.4 Å². The third-order valence-electron chi connectivity index (χ3n) is 6.94. The number of ether oxygens (including phenoxy) is 9. The molecule has 1 aliphatic rings. The Hall–Kier alpha value is -5.50. The number of aldehydes is 1. The number of benzene rings is 3. The van der Waals surface area contributed by atoms with E-state index >= 15 is 0 Å². The summed E-state index contributed by atoms with van der Waals surface area (Å²) >= 11 is 0.794. The van der Waals surface area contributed by atoms with Crippen molar-refractivity contribution in [3.8, 4) is 46.0 Å². The van der Waals surface area contributed by atoms with E-state index in [4.69, 9.17) is 42.6 Å². The zero-order valence-corrected chi connectivity index (χ0v) is 28.2. The number of carbonyl (C=O) groups excluding carboxylic acids is 3. The third kappa shape index (κ3) is 8.07. The Bertz CT molecular complexity index is 1730. The summed E-state index contributed by atoms with van der Waals surface area (Å²) in [6, 6.07) is 11.7. The minimum atomic E-state index is -0.489. The molecule has 14 heteroatoms. The van der Waals surface area contributed by atoms with E-state index in [0.29, 0.717) is 63.2 Å². The Morgan fingerprint density at radius 1 is 0.750 bits per heavy atom. The lowest BCUT2D eigenvalue weighted by atomic mass is 10.1. The summed E-state index contributed by atoms with van der Waals surface area (Å²) < 4.78 is 51.0. The smallest absolute Gasteiger partial charge is 0.290 e. The molecule has 4 rings (SSSR count). The number of imide groups is 1. The lowest BCUT2D eigenvalue weighted by Crippen LogP contribution is -2.17. The molecule has 1 saturated heterocycles. The van der Waals surface area contributed by atoms with Gasteiger partial charge in [-0.1, -0.05) is 0 Å². The molecule has 0 unspecified atom stereocenters. The number of carbonyl (C=O) groups is 3. The third-order valence-corrected chi connectivity index (χ3v) is 7.75. The van der Waals surface area contributed by atoms with Gasteiger partial charge in [-0.2, -0.15) is 0 Å². The van der Waals surface area contributed by atoms with Gasteiger partial charge in [0.2, 0.25) is 11.5 Å². The first-order valence-corrected chi connectivity index (χ1v) is 15.1. The summed E-state index contributed by atoms with van der Waals surface area (Å²) in [4.78, 5) is 36.3. The maximum atomic E-state index is 12.5. The SMILES string of the molecule is COc1cc(OC)c(C)c(O/C(=C(\C=O)OCCOc2c(OC)cc(/C=C3\SC(=O)NC3=O)cc2OC)c2ccc(OC)c(OC)c2)c1. The molecule has 1 aliphatic heterocycles. The first-order chi connectivity index (χ1) is 23.2. The topological polar surface area (TPSA) is 146 Å². The maximum Gasteiger partial charge on any atom is 0.290 e. The van der Waals surface area contributed by atoms with Gasteiger partial charge in [0.05, 0.1) is 47.6 Å². The van der Waals surface area contributed by atoms with Gasteiger partial charge in [-0.15, -0.1) is 0 Å². The van der Waals surface area contributed by atoms with Crippen LogP contribution in [0.3, 0.4) is 0 Å². The molecule has 0 atom stereocenters. The summed E-state index contributed by atoms with van der Waals surface area (Å²) in [5.74, 6) is 2.57. The molecule has 13 nitrogen and oxygen atoms in total. The summed E-state index contributed by atoms with van der Waals surface area (Å²) in [6.07, 6.45) is 2.07. The Kier molecular flexibility index (Phi) is 12.1. The van der Waals surface area contributed by atoms with Crippen LogP contribution in [0.25, 0.3) is 11.8 Å². The van der Waals surface area contributed by atoms with Crippen molar-refractivity contribution in [3.05, 3.63) is 69.8 Å². The second kappa shape index (κ2) is 16.4. The Morgan fingerprint density at radius 3 is 1.96 bits per heavy atom. The van der Waals surface area contributed by atoms with Gasteiger partial charge in [0.1, 0.15) is 30.5 Å². The highest BCUT2D eigenvalue weighted by atomic mass is 32.2. The van der Waals surface area contributed by atoms with Gasteiger partial charge in [0.25, 0.3) is 11.1 Å². The molecule has 3 aromatic carbocycles. The van der Waals surface area contributed by atoms with Gasteiger partial charge >= 0.3 is 0 Å². The predicted molar refractivity (Wildman–Crippen MR) is 178 cm³/mol. The van der Waals surface area contributed by atoms with E-state index in [1.165, 1.54) is 42.7 Å². The molecule has 1 N–H and O–H groups in total. The van der Waals surface area contributed by atoms with E-state index in [1.807, 2.05) is 0 Å². The van der Waals surface area contributed by atoms with Gasteiger partial charge in [-0.3, -0.25) is 19.7 Å². The first-order valence-electron chi connectivity index (χ1n) is 14.3. The Labute approximate surface area is 281 Å². The standard InChI is InChI=1S/C34H35NO12S/c1-19-24(41-4)16-22(39-2)17-25(19)47-31(21-8-9-23(40-3)26(15-21)42-5)29(18-36)45-10-11-46-32-27(43-6)12-20(13-28(32)44-7)14-30-33(37)35-34(38)48-30/h8-9,12-18H,10-11H2,1-7H3,(H,35,37,38)/b30-14-,31-29+. The Morgan fingerprint density at radius 2 is 1.40 bits per heavy atom. The zero-order chi connectivity index (χ0) is 34.8. The fourth-order valence-corrected chi connectivity index (χ4v) is 5.24. The van der Waals surface area contributed by atoms with Crippen molar-refractivity contribution in [2.24, 2.45) is 0 Å². The second-order valence-electron chi connectivity index (χ2n) is 9.74. The van der Waals surface area contributed by atoms with Crippen LogP contribution >= 0.6 is 11.8 Å². The molecule has 1 fully saturated rings. The predicted octanol–water partition coefficient (Wildman–Crippen LogP) is 5.41. The van der Waals surface area contributed by atoms with Gasteiger partial charge in [-0.25, -0.2) is 0 Å². The minimum absolute atomic E-state index is 0.0392. The van der Waals surface area contributed by atoms with E-state index < -0.39 is 11.1 Å². The van der Waals surface area contributed by atoms with Crippen molar-refractivity contribution >= 4 is 41.0 Å². The highest BCUT2D eigenvalue weighted by molar-refractivity contribution is 8.18. The molecule has 0 spiro atoms. The van der Waals surface area contributed by atoms with Crippen molar-refractivity contribution < 1.29 is 57.0 Å². The number of nitrogens with one attached hydrogen (secondary N) is 1. The van der Waals surface area contributed by atoms with Crippen molar-refractivity contribution in [2.45, 2.75) is 6.92 Å². The molecule has 254 valence electrons. The first kappa shape index (κ1) is 35.4.